The Labute approximate surface area is 92.1 Å². The summed E-state index contributed by atoms with van der Waals surface area (Å²) in [6, 6.07) is 8.68. The van der Waals surface area contributed by atoms with Gasteiger partial charge in [0.25, 0.3) is 0 Å². The fraction of sp³-hybridized carbons (Fsp3) is 0.500. The van der Waals surface area contributed by atoms with Crippen molar-refractivity contribution in [3.63, 3.8) is 0 Å². The molecule has 1 heteroatoms. The highest BCUT2D eigenvalue weighted by Crippen LogP contribution is 2.34. The molecule has 1 fully saturated rings. The van der Waals surface area contributed by atoms with Crippen molar-refractivity contribution in [2.75, 3.05) is 6.61 Å². The van der Waals surface area contributed by atoms with Crippen LogP contribution in [0, 0.1) is 5.92 Å². The Morgan fingerprint density at radius 1 is 1.33 bits per heavy atom. The Bertz CT molecular complexity index is 313. The standard InChI is InChI=1S/C14H19O/c1-11(10-15)13-7-4-8-14(9-13)12-5-2-3-6-12/h4,7-9,12,15H,2-3,5-6,10H2,1H3. The van der Waals surface area contributed by atoms with E-state index in [1.54, 1.807) is 0 Å². The zero-order valence-electron chi connectivity index (χ0n) is 9.37. The minimum Gasteiger partial charge on any atom is -0.395 e. The van der Waals surface area contributed by atoms with Gasteiger partial charge in [-0.2, -0.15) is 0 Å². The molecule has 0 spiro atoms. The molecule has 1 aliphatic rings. The van der Waals surface area contributed by atoms with Crippen LogP contribution < -0.4 is 0 Å². The Kier molecular flexibility index (Phi) is 3.42. The van der Waals surface area contributed by atoms with Crippen LogP contribution in [-0.4, -0.2) is 11.7 Å². The zero-order valence-corrected chi connectivity index (χ0v) is 9.37. The van der Waals surface area contributed by atoms with Gasteiger partial charge in [0.05, 0.1) is 6.61 Å². The minimum atomic E-state index is 0.161. The molecule has 1 aromatic rings. The third kappa shape index (κ3) is 2.40. The summed E-state index contributed by atoms with van der Waals surface area (Å²) in [6.45, 7) is 2.15. The first-order chi connectivity index (χ1) is 7.31. The average Bonchev–Trinajstić information content (AvgIpc) is 2.82. The largest absolute Gasteiger partial charge is 0.395 e. The molecule has 15 heavy (non-hydrogen) atoms. The molecule has 0 atom stereocenters. The smallest absolute Gasteiger partial charge is 0.0534 e. The Morgan fingerprint density at radius 3 is 2.73 bits per heavy atom. The van der Waals surface area contributed by atoms with E-state index >= 15 is 0 Å². The van der Waals surface area contributed by atoms with Gasteiger partial charge in [-0.15, -0.1) is 0 Å². The molecule has 1 radical (unpaired) electrons. The Hall–Kier alpha value is -0.820. The molecular weight excluding hydrogens is 184 g/mol. The summed E-state index contributed by atoms with van der Waals surface area (Å²) in [5.74, 6) is 1.83. The van der Waals surface area contributed by atoms with Crippen molar-refractivity contribution in [2.24, 2.45) is 0 Å². The summed E-state index contributed by atoms with van der Waals surface area (Å²) in [6.07, 6.45) is 5.42. The molecule has 1 aliphatic carbocycles. The maximum absolute atomic E-state index is 9.11. The third-order valence-corrected chi connectivity index (χ3v) is 3.44. The van der Waals surface area contributed by atoms with Gasteiger partial charge in [0.2, 0.25) is 0 Å². The van der Waals surface area contributed by atoms with E-state index in [1.165, 1.54) is 36.8 Å². The predicted octanol–water partition coefficient (Wildman–Crippen LogP) is 3.28. The summed E-state index contributed by atoms with van der Waals surface area (Å²) < 4.78 is 0. The summed E-state index contributed by atoms with van der Waals surface area (Å²) in [4.78, 5) is 0. The Morgan fingerprint density at radius 2 is 2.07 bits per heavy atom. The molecule has 0 bridgehead atoms. The van der Waals surface area contributed by atoms with Gasteiger partial charge in [-0.05, 0) is 29.9 Å². The van der Waals surface area contributed by atoms with E-state index < -0.39 is 0 Å². The van der Waals surface area contributed by atoms with E-state index in [2.05, 4.69) is 24.3 Å². The first-order valence-electron chi connectivity index (χ1n) is 5.85. The molecule has 0 aliphatic heterocycles. The molecule has 0 heterocycles. The Balaban J connectivity index is 2.18. The van der Waals surface area contributed by atoms with Crippen LogP contribution in [0.3, 0.4) is 0 Å². The van der Waals surface area contributed by atoms with Gasteiger partial charge in [0, 0.05) is 5.92 Å². The van der Waals surface area contributed by atoms with Gasteiger partial charge in [0.15, 0.2) is 0 Å². The van der Waals surface area contributed by atoms with Crippen molar-refractivity contribution in [1.82, 2.24) is 0 Å². The molecule has 81 valence electrons. The van der Waals surface area contributed by atoms with E-state index in [0.717, 1.165) is 11.8 Å². The van der Waals surface area contributed by atoms with Crippen LogP contribution in [0.25, 0.3) is 0 Å². The molecule has 1 N–H and O–H groups in total. The zero-order chi connectivity index (χ0) is 10.7. The summed E-state index contributed by atoms with van der Waals surface area (Å²) >= 11 is 0. The van der Waals surface area contributed by atoms with Gasteiger partial charge >= 0.3 is 0 Å². The first kappa shape index (κ1) is 10.7. The number of benzene rings is 1. The van der Waals surface area contributed by atoms with E-state index in [4.69, 9.17) is 5.11 Å². The highest BCUT2D eigenvalue weighted by Gasteiger charge is 2.17. The first-order valence-corrected chi connectivity index (χ1v) is 5.85. The van der Waals surface area contributed by atoms with Crippen molar-refractivity contribution in [1.29, 1.82) is 0 Å². The lowest BCUT2D eigenvalue weighted by Crippen LogP contribution is -2.01. The fourth-order valence-corrected chi connectivity index (χ4v) is 2.41. The second-order valence-corrected chi connectivity index (χ2v) is 4.55. The van der Waals surface area contributed by atoms with E-state index in [0.29, 0.717) is 0 Å². The van der Waals surface area contributed by atoms with Crippen LogP contribution in [0.1, 0.15) is 49.7 Å². The number of aliphatic hydroxyl groups is 1. The van der Waals surface area contributed by atoms with E-state index in [9.17, 15) is 0 Å². The molecule has 0 unspecified atom stereocenters. The van der Waals surface area contributed by atoms with Crippen LogP contribution in [0.2, 0.25) is 0 Å². The normalized spacial score (nSPS) is 17.5. The minimum absolute atomic E-state index is 0.161. The summed E-state index contributed by atoms with van der Waals surface area (Å²) in [5, 5.41) is 9.11. The van der Waals surface area contributed by atoms with Crippen molar-refractivity contribution in [3.8, 4) is 0 Å². The molecule has 1 aromatic carbocycles. The maximum atomic E-state index is 9.11. The van der Waals surface area contributed by atoms with Crippen molar-refractivity contribution >= 4 is 0 Å². The van der Waals surface area contributed by atoms with Crippen LogP contribution in [0.5, 0.6) is 0 Å². The second kappa shape index (κ2) is 4.80. The van der Waals surface area contributed by atoms with Crippen molar-refractivity contribution in [3.05, 3.63) is 41.3 Å². The fourth-order valence-electron chi connectivity index (χ4n) is 2.41. The summed E-state index contributed by atoms with van der Waals surface area (Å²) in [7, 11) is 0. The van der Waals surface area contributed by atoms with Gasteiger partial charge in [-0.1, -0.05) is 44.0 Å². The number of hydrogen-bond acceptors (Lipinski definition) is 1. The molecule has 0 amide bonds. The molecule has 2 rings (SSSR count). The molecule has 1 nitrogen and oxygen atoms in total. The van der Waals surface area contributed by atoms with Crippen LogP contribution in [0.4, 0.5) is 0 Å². The molecule has 1 saturated carbocycles. The second-order valence-electron chi connectivity index (χ2n) is 4.55. The monoisotopic (exact) mass is 203 g/mol. The van der Waals surface area contributed by atoms with Crippen molar-refractivity contribution in [2.45, 2.75) is 38.5 Å². The number of aliphatic hydroxyl groups excluding tert-OH is 1. The summed E-state index contributed by atoms with van der Waals surface area (Å²) in [5.41, 5.74) is 2.65. The van der Waals surface area contributed by atoms with E-state index in [1.807, 2.05) is 6.92 Å². The molecule has 0 aromatic heterocycles. The SMILES string of the molecule is C[C](CO)c1cccc(C2CCCC2)c1. The van der Waals surface area contributed by atoms with Crippen molar-refractivity contribution < 1.29 is 5.11 Å². The van der Waals surface area contributed by atoms with Gasteiger partial charge in [-0.3, -0.25) is 0 Å². The van der Waals surface area contributed by atoms with Gasteiger partial charge < -0.3 is 5.11 Å². The molecule has 0 saturated heterocycles. The maximum Gasteiger partial charge on any atom is 0.0534 e. The van der Waals surface area contributed by atoms with Gasteiger partial charge in [0.1, 0.15) is 0 Å². The topological polar surface area (TPSA) is 20.2 Å². The lowest BCUT2D eigenvalue weighted by molar-refractivity contribution is 0.315. The van der Waals surface area contributed by atoms with Crippen LogP contribution >= 0.6 is 0 Å². The lowest BCUT2D eigenvalue weighted by atomic mass is 9.92. The lowest BCUT2D eigenvalue weighted by Gasteiger charge is -2.13. The van der Waals surface area contributed by atoms with Crippen LogP contribution in [0.15, 0.2) is 24.3 Å². The third-order valence-electron chi connectivity index (χ3n) is 3.44. The predicted molar refractivity (Wildman–Crippen MR) is 62.8 cm³/mol. The average molecular weight is 203 g/mol. The number of rotatable bonds is 3. The highest BCUT2D eigenvalue weighted by molar-refractivity contribution is 5.35. The molecular formula is C14H19O. The van der Waals surface area contributed by atoms with Crippen LogP contribution in [-0.2, 0) is 0 Å². The number of hydrogen-bond donors (Lipinski definition) is 1. The highest BCUT2D eigenvalue weighted by atomic mass is 16.3. The quantitative estimate of drug-likeness (QED) is 0.799. The van der Waals surface area contributed by atoms with Gasteiger partial charge in [-0.25, -0.2) is 0 Å². The van der Waals surface area contributed by atoms with E-state index in [-0.39, 0.29) is 6.61 Å².